The van der Waals surface area contributed by atoms with Crippen molar-refractivity contribution in [3.63, 3.8) is 0 Å². The lowest BCUT2D eigenvalue weighted by Crippen LogP contribution is -2.10. The molecule has 0 atom stereocenters. The third-order valence-corrected chi connectivity index (χ3v) is 4.51. The zero-order valence-corrected chi connectivity index (χ0v) is 13.9. The van der Waals surface area contributed by atoms with Crippen molar-refractivity contribution in [3.05, 3.63) is 63.5 Å². The molecule has 7 nitrogen and oxygen atoms in total. The average molecular weight is 355 g/mol. The minimum absolute atomic E-state index is 0.00850. The summed E-state index contributed by atoms with van der Waals surface area (Å²) in [6.45, 7) is 1.42. The molecule has 2 aromatic carbocycles. The number of benzene rings is 2. The number of anilines is 2. The fraction of sp³-hybridized carbons (Fsp3) is 0.0588. The smallest absolute Gasteiger partial charge is 0.270 e. The van der Waals surface area contributed by atoms with Crippen LogP contribution in [0, 0.1) is 10.1 Å². The largest absolute Gasteiger partial charge is 0.326 e. The Kier molecular flexibility index (Phi) is 4.44. The van der Waals surface area contributed by atoms with Crippen molar-refractivity contribution in [2.75, 3.05) is 10.6 Å². The normalized spacial score (nSPS) is 10.4. The van der Waals surface area contributed by atoms with Gasteiger partial charge in [-0.3, -0.25) is 19.7 Å². The van der Waals surface area contributed by atoms with Crippen LogP contribution in [0.3, 0.4) is 0 Å². The molecule has 126 valence electrons. The van der Waals surface area contributed by atoms with Gasteiger partial charge in [0.05, 0.1) is 9.80 Å². The number of amides is 2. The van der Waals surface area contributed by atoms with E-state index in [0.29, 0.717) is 21.6 Å². The van der Waals surface area contributed by atoms with Gasteiger partial charge in [-0.05, 0) is 36.4 Å². The molecule has 2 amide bonds. The van der Waals surface area contributed by atoms with Crippen LogP contribution in [0.5, 0.6) is 0 Å². The van der Waals surface area contributed by atoms with Crippen molar-refractivity contribution < 1.29 is 14.5 Å². The van der Waals surface area contributed by atoms with Gasteiger partial charge in [0.2, 0.25) is 5.91 Å². The van der Waals surface area contributed by atoms with Crippen molar-refractivity contribution in [2.45, 2.75) is 6.92 Å². The number of nitro benzene ring substituents is 1. The second-order valence-corrected chi connectivity index (χ2v) is 6.39. The van der Waals surface area contributed by atoms with E-state index in [1.807, 2.05) is 0 Å². The van der Waals surface area contributed by atoms with Crippen LogP contribution in [-0.4, -0.2) is 16.7 Å². The summed E-state index contributed by atoms with van der Waals surface area (Å²) in [6, 6.07) is 12.9. The number of non-ortho nitro benzene ring substituents is 1. The zero-order valence-electron chi connectivity index (χ0n) is 13.1. The Bertz CT molecular complexity index is 979. The highest BCUT2D eigenvalue weighted by Crippen LogP contribution is 2.29. The Morgan fingerprint density at radius 2 is 1.64 bits per heavy atom. The maximum absolute atomic E-state index is 12.4. The zero-order chi connectivity index (χ0) is 18.0. The summed E-state index contributed by atoms with van der Waals surface area (Å²) in [6.07, 6.45) is 0. The molecule has 0 saturated heterocycles. The standard InChI is InChI=1S/C17H13N3O4S/c1-10(21)18-12-2-4-13(5-3-12)19-17(22)16-9-11-8-14(20(23)24)6-7-15(11)25-16/h2-9H,1H3,(H,18,21)(H,19,22). The van der Waals surface area contributed by atoms with Gasteiger partial charge in [-0.1, -0.05) is 0 Å². The van der Waals surface area contributed by atoms with Gasteiger partial charge >= 0.3 is 0 Å². The second kappa shape index (κ2) is 6.70. The highest BCUT2D eigenvalue weighted by molar-refractivity contribution is 7.20. The lowest BCUT2D eigenvalue weighted by atomic mass is 10.2. The Balaban J connectivity index is 1.77. The van der Waals surface area contributed by atoms with Crippen LogP contribution < -0.4 is 10.6 Å². The fourth-order valence-corrected chi connectivity index (χ4v) is 3.23. The Hall–Kier alpha value is -3.26. The summed E-state index contributed by atoms with van der Waals surface area (Å²) >= 11 is 1.26. The third kappa shape index (κ3) is 3.81. The summed E-state index contributed by atoms with van der Waals surface area (Å²) in [5, 5.41) is 16.9. The number of hydrogen-bond acceptors (Lipinski definition) is 5. The number of nitrogens with zero attached hydrogens (tertiary/aromatic N) is 1. The van der Waals surface area contributed by atoms with E-state index in [0.717, 1.165) is 4.70 Å². The van der Waals surface area contributed by atoms with Gasteiger partial charge in [-0.25, -0.2) is 0 Å². The molecule has 8 heteroatoms. The molecule has 3 aromatic rings. The van der Waals surface area contributed by atoms with Gasteiger partial charge in [0.15, 0.2) is 0 Å². The Morgan fingerprint density at radius 1 is 1.00 bits per heavy atom. The summed E-state index contributed by atoms with van der Waals surface area (Å²) in [5.74, 6) is -0.465. The van der Waals surface area contributed by atoms with Gasteiger partial charge in [0.1, 0.15) is 0 Å². The highest BCUT2D eigenvalue weighted by Gasteiger charge is 2.13. The molecule has 1 heterocycles. The predicted molar refractivity (Wildman–Crippen MR) is 97.2 cm³/mol. The number of rotatable bonds is 4. The fourth-order valence-electron chi connectivity index (χ4n) is 2.29. The number of hydrogen-bond donors (Lipinski definition) is 2. The van der Waals surface area contributed by atoms with Gasteiger partial charge in [0, 0.05) is 40.5 Å². The molecule has 25 heavy (non-hydrogen) atoms. The molecular weight excluding hydrogens is 342 g/mol. The topological polar surface area (TPSA) is 101 Å². The quantitative estimate of drug-likeness (QED) is 0.545. The lowest BCUT2D eigenvalue weighted by Gasteiger charge is -2.05. The SMILES string of the molecule is CC(=O)Nc1ccc(NC(=O)c2cc3cc([N+](=O)[O-])ccc3s2)cc1. The molecule has 0 aliphatic heterocycles. The van der Waals surface area contributed by atoms with Gasteiger partial charge in [0.25, 0.3) is 11.6 Å². The molecule has 0 fully saturated rings. The minimum Gasteiger partial charge on any atom is -0.326 e. The van der Waals surface area contributed by atoms with Crippen molar-refractivity contribution >= 4 is 50.3 Å². The van der Waals surface area contributed by atoms with Crippen molar-refractivity contribution in [3.8, 4) is 0 Å². The third-order valence-electron chi connectivity index (χ3n) is 3.40. The van der Waals surface area contributed by atoms with Crippen LogP contribution in [0.2, 0.25) is 0 Å². The molecule has 0 radical (unpaired) electrons. The first-order valence-electron chi connectivity index (χ1n) is 7.29. The monoisotopic (exact) mass is 355 g/mol. The highest BCUT2D eigenvalue weighted by atomic mass is 32.1. The molecule has 0 unspecified atom stereocenters. The van der Waals surface area contributed by atoms with Crippen LogP contribution in [0.4, 0.5) is 17.1 Å². The van der Waals surface area contributed by atoms with Gasteiger partial charge in [-0.15, -0.1) is 11.3 Å². The molecule has 2 N–H and O–H groups in total. The summed E-state index contributed by atoms with van der Waals surface area (Å²) in [5.41, 5.74) is 1.22. The minimum atomic E-state index is -0.465. The van der Waals surface area contributed by atoms with E-state index < -0.39 is 4.92 Å². The van der Waals surface area contributed by atoms with Crippen LogP contribution in [0.1, 0.15) is 16.6 Å². The molecule has 3 rings (SSSR count). The van der Waals surface area contributed by atoms with E-state index in [2.05, 4.69) is 10.6 Å². The van der Waals surface area contributed by atoms with E-state index in [1.54, 1.807) is 36.4 Å². The summed E-state index contributed by atoms with van der Waals surface area (Å²) < 4.78 is 0.803. The molecule has 0 saturated carbocycles. The Morgan fingerprint density at radius 3 is 2.24 bits per heavy atom. The van der Waals surface area contributed by atoms with Crippen molar-refractivity contribution in [1.82, 2.24) is 0 Å². The molecule has 0 bridgehead atoms. The number of carbonyl (C=O) groups excluding carboxylic acids is 2. The molecule has 0 aliphatic carbocycles. The molecule has 0 aliphatic rings. The van der Waals surface area contributed by atoms with Crippen LogP contribution >= 0.6 is 11.3 Å². The van der Waals surface area contributed by atoms with Crippen LogP contribution in [0.15, 0.2) is 48.5 Å². The van der Waals surface area contributed by atoms with Crippen LogP contribution in [-0.2, 0) is 4.79 Å². The van der Waals surface area contributed by atoms with Crippen LogP contribution in [0.25, 0.3) is 10.1 Å². The number of nitrogens with one attached hydrogen (secondary N) is 2. The maximum atomic E-state index is 12.4. The number of fused-ring (bicyclic) bond motifs is 1. The summed E-state index contributed by atoms with van der Waals surface area (Å²) in [4.78, 5) is 34.2. The predicted octanol–water partition coefficient (Wildman–Crippen LogP) is 4.02. The lowest BCUT2D eigenvalue weighted by molar-refractivity contribution is -0.384. The Labute approximate surface area is 146 Å². The molecule has 0 spiro atoms. The first-order chi connectivity index (χ1) is 11.9. The summed E-state index contributed by atoms with van der Waals surface area (Å²) in [7, 11) is 0. The van der Waals surface area contributed by atoms with Crippen molar-refractivity contribution in [2.24, 2.45) is 0 Å². The number of nitro groups is 1. The van der Waals surface area contributed by atoms with E-state index in [1.165, 1.54) is 30.4 Å². The van der Waals surface area contributed by atoms with Gasteiger partial charge < -0.3 is 10.6 Å². The first kappa shape index (κ1) is 16.6. The first-order valence-corrected chi connectivity index (χ1v) is 8.11. The number of carbonyl (C=O) groups is 2. The van der Waals surface area contributed by atoms with E-state index >= 15 is 0 Å². The van der Waals surface area contributed by atoms with E-state index in [9.17, 15) is 19.7 Å². The number of thiophene rings is 1. The van der Waals surface area contributed by atoms with E-state index in [4.69, 9.17) is 0 Å². The molecular formula is C17H13N3O4S. The van der Waals surface area contributed by atoms with E-state index in [-0.39, 0.29) is 17.5 Å². The maximum Gasteiger partial charge on any atom is 0.270 e. The second-order valence-electron chi connectivity index (χ2n) is 5.30. The van der Waals surface area contributed by atoms with Gasteiger partial charge in [-0.2, -0.15) is 0 Å². The average Bonchev–Trinajstić information content (AvgIpc) is 2.99. The molecule has 1 aromatic heterocycles. The van der Waals surface area contributed by atoms with Crippen molar-refractivity contribution in [1.29, 1.82) is 0 Å².